The zero-order valence-electron chi connectivity index (χ0n) is 11.5. The molecule has 0 spiro atoms. The van der Waals surface area contributed by atoms with Crippen molar-refractivity contribution < 1.29 is 17.9 Å². The lowest BCUT2D eigenvalue weighted by atomic mass is 9.92. The molecule has 1 saturated heterocycles. The maximum Gasteiger partial charge on any atom is 0.436 e. The smallest absolute Gasteiger partial charge is 0.436 e. The Labute approximate surface area is 111 Å². The Kier molecular flexibility index (Phi) is 5.85. The predicted octanol–water partition coefficient (Wildman–Crippen LogP) is 2.79. The van der Waals surface area contributed by atoms with Crippen molar-refractivity contribution in [3.63, 3.8) is 0 Å². The van der Waals surface area contributed by atoms with Crippen LogP contribution in [0.1, 0.15) is 20.3 Å². The number of piperidine rings is 1. The highest BCUT2D eigenvalue weighted by atomic mass is 19.4. The van der Waals surface area contributed by atoms with Crippen molar-refractivity contribution in [3.05, 3.63) is 11.8 Å². The monoisotopic (exact) mass is 278 g/mol. The van der Waals surface area contributed by atoms with E-state index in [1.807, 2.05) is 0 Å². The van der Waals surface area contributed by atoms with Crippen LogP contribution >= 0.6 is 0 Å². The van der Waals surface area contributed by atoms with Gasteiger partial charge in [0.2, 0.25) is 0 Å². The molecule has 1 aliphatic rings. The first-order valence-corrected chi connectivity index (χ1v) is 6.42. The van der Waals surface area contributed by atoms with Crippen LogP contribution in [0.15, 0.2) is 16.8 Å². The van der Waals surface area contributed by atoms with E-state index in [-0.39, 0.29) is 18.3 Å². The van der Waals surface area contributed by atoms with Crippen LogP contribution in [0.2, 0.25) is 0 Å². The third kappa shape index (κ3) is 4.86. The number of alkyl halides is 3. The lowest BCUT2D eigenvalue weighted by Crippen LogP contribution is -2.37. The minimum absolute atomic E-state index is 0.187. The molecule has 2 atom stereocenters. The van der Waals surface area contributed by atoms with Crippen LogP contribution in [0.4, 0.5) is 13.2 Å². The van der Waals surface area contributed by atoms with E-state index in [1.165, 1.54) is 13.0 Å². The normalized spacial score (nSPS) is 26.4. The number of nitrogens with zero attached hydrogens (tertiary/aromatic N) is 1. The topological polar surface area (TPSA) is 33.6 Å². The average molecular weight is 278 g/mol. The van der Waals surface area contributed by atoms with Crippen LogP contribution in [0.5, 0.6) is 0 Å². The van der Waals surface area contributed by atoms with Crippen LogP contribution in [0, 0.1) is 11.8 Å². The first-order chi connectivity index (χ1) is 8.88. The zero-order chi connectivity index (χ0) is 14.5. The summed E-state index contributed by atoms with van der Waals surface area (Å²) in [6.07, 6.45) is -2.20. The van der Waals surface area contributed by atoms with Gasteiger partial charge in [-0.05, 0) is 31.9 Å². The number of hydrogen-bond donors (Lipinski definition) is 1. The van der Waals surface area contributed by atoms with Gasteiger partial charge in [0.1, 0.15) is 5.76 Å². The second-order valence-electron chi connectivity index (χ2n) is 4.90. The molecule has 0 aromatic heterocycles. The minimum atomic E-state index is -4.48. The Morgan fingerprint density at radius 2 is 2.11 bits per heavy atom. The minimum Gasteiger partial charge on any atom is -0.491 e. The van der Waals surface area contributed by atoms with E-state index in [4.69, 9.17) is 4.74 Å². The van der Waals surface area contributed by atoms with Crippen molar-refractivity contribution in [3.8, 4) is 0 Å². The molecular weight excluding hydrogens is 257 g/mol. The molecule has 1 aliphatic heterocycles. The van der Waals surface area contributed by atoms with Crippen LogP contribution in [0.3, 0.4) is 0 Å². The van der Waals surface area contributed by atoms with Gasteiger partial charge < -0.3 is 10.1 Å². The molecule has 1 fully saturated rings. The number of hydrogen-bond acceptors (Lipinski definition) is 3. The van der Waals surface area contributed by atoms with Gasteiger partial charge in [0.05, 0.1) is 6.61 Å². The Balaban J connectivity index is 2.58. The first kappa shape index (κ1) is 16.0. The van der Waals surface area contributed by atoms with Crippen molar-refractivity contribution >= 4 is 5.71 Å². The molecule has 110 valence electrons. The van der Waals surface area contributed by atoms with Crippen molar-refractivity contribution in [2.45, 2.75) is 26.4 Å². The third-order valence-corrected chi connectivity index (χ3v) is 3.12. The highest BCUT2D eigenvalue weighted by Crippen LogP contribution is 2.24. The Hall–Kier alpha value is -1.04. The van der Waals surface area contributed by atoms with Crippen LogP contribution in [-0.2, 0) is 4.74 Å². The second kappa shape index (κ2) is 6.93. The summed E-state index contributed by atoms with van der Waals surface area (Å²) in [7, 11) is 1.12. The van der Waals surface area contributed by atoms with E-state index in [0.29, 0.717) is 5.92 Å². The Morgan fingerprint density at radius 1 is 1.42 bits per heavy atom. The molecule has 0 radical (unpaired) electrons. The number of ether oxygens (including phenoxy) is 1. The van der Waals surface area contributed by atoms with E-state index < -0.39 is 11.9 Å². The van der Waals surface area contributed by atoms with E-state index in [2.05, 4.69) is 17.2 Å². The van der Waals surface area contributed by atoms with Gasteiger partial charge in [-0.25, -0.2) is 0 Å². The van der Waals surface area contributed by atoms with Gasteiger partial charge in [0, 0.05) is 19.5 Å². The maximum atomic E-state index is 12.7. The fourth-order valence-electron chi connectivity index (χ4n) is 2.27. The van der Waals surface area contributed by atoms with Crippen LogP contribution in [0.25, 0.3) is 0 Å². The van der Waals surface area contributed by atoms with Crippen molar-refractivity contribution in [1.29, 1.82) is 0 Å². The van der Waals surface area contributed by atoms with E-state index in [0.717, 1.165) is 26.6 Å². The van der Waals surface area contributed by atoms with E-state index in [1.54, 1.807) is 0 Å². The van der Waals surface area contributed by atoms with E-state index in [9.17, 15) is 13.2 Å². The van der Waals surface area contributed by atoms with Gasteiger partial charge in [-0.1, -0.05) is 6.92 Å². The highest BCUT2D eigenvalue weighted by Gasteiger charge is 2.38. The van der Waals surface area contributed by atoms with Crippen molar-refractivity contribution in [2.24, 2.45) is 16.8 Å². The lowest BCUT2D eigenvalue weighted by Gasteiger charge is -2.28. The van der Waals surface area contributed by atoms with Gasteiger partial charge in [0.25, 0.3) is 0 Å². The van der Waals surface area contributed by atoms with Gasteiger partial charge in [0.15, 0.2) is 5.71 Å². The molecule has 2 unspecified atom stereocenters. The summed E-state index contributed by atoms with van der Waals surface area (Å²) in [5, 5.41) is 3.25. The molecular formula is C13H21F3N2O. The number of rotatable bonds is 4. The summed E-state index contributed by atoms with van der Waals surface area (Å²) >= 11 is 0. The molecule has 0 amide bonds. The number of nitrogens with one attached hydrogen (secondary N) is 1. The maximum absolute atomic E-state index is 12.7. The third-order valence-electron chi connectivity index (χ3n) is 3.12. The first-order valence-electron chi connectivity index (χ1n) is 6.42. The number of allylic oxidation sites excluding steroid dienone is 2. The van der Waals surface area contributed by atoms with Crippen LogP contribution in [-0.4, -0.2) is 38.6 Å². The van der Waals surface area contributed by atoms with Crippen molar-refractivity contribution in [1.82, 2.24) is 5.32 Å². The molecule has 3 nitrogen and oxygen atoms in total. The zero-order valence-corrected chi connectivity index (χ0v) is 11.5. The molecule has 1 heterocycles. The molecule has 0 bridgehead atoms. The summed E-state index contributed by atoms with van der Waals surface area (Å²) in [6.45, 7) is 5.66. The van der Waals surface area contributed by atoms with Crippen LogP contribution < -0.4 is 5.32 Å². The van der Waals surface area contributed by atoms with Crippen molar-refractivity contribution in [2.75, 3.05) is 26.7 Å². The summed E-state index contributed by atoms with van der Waals surface area (Å²) < 4.78 is 43.5. The molecule has 0 aliphatic carbocycles. The predicted molar refractivity (Wildman–Crippen MR) is 69.3 cm³/mol. The average Bonchev–Trinajstić information content (AvgIpc) is 2.32. The fraction of sp³-hybridized carbons (Fsp3) is 0.769. The molecule has 19 heavy (non-hydrogen) atoms. The lowest BCUT2D eigenvalue weighted by molar-refractivity contribution is -0.0611. The quantitative estimate of drug-likeness (QED) is 0.633. The van der Waals surface area contributed by atoms with Gasteiger partial charge >= 0.3 is 6.18 Å². The summed E-state index contributed by atoms with van der Waals surface area (Å²) in [4.78, 5) is 3.29. The molecule has 6 heteroatoms. The van der Waals surface area contributed by atoms with Gasteiger partial charge in [-0.3, -0.25) is 4.99 Å². The molecule has 0 aromatic rings. The van der Waals surface area contributed by atoms with E-state index >= 15 is 0 Å². The summed E-state index contributed by atoms with van der Waals surface area (Å²) in [5.74, 6) is 0.580. The molecule has 1 N–H and O–H groups in total. The standard InChI is InChI=1S/C13H21F3N2O/c1-4-11(12(17-3)13(14,15)16)19-8-10-5-9(2)6-18-7-10/h4,9-10,18H,5-8H2,1-3H3/b11-4+,17-12?. The summed E-state index contributed by atoms with van der Waals surface area (Å²) in [5.41, 5.74) is -0.952. The Bertz CT molecular complexity index is 350. The fourth-order valence-corrected chi connectivity index (χ4v) is 2.27. The van der Waals surface area contributed by atoms with Gasteiger partial charge in [-0.15, -0.1) is 0 Å². The highest BCUT2D eigenvalue weighted by molar-refractivity contribution is 6.02. The molecule has 0 aromatic carbocycles. The summed E-state index contributed by atoms with van der Waals surface area (Å²) in [6, 6.07) is 0. The Morgan fingerprint density at radius 3 is 2.58 bits per heavy atom. The number of halogens is 3. The SMILES string of the molecule is C/C=C(/OCC1CNCC(C)C1)C(=NC)C(F)(F)F. The van der Waals surface area contributed by atoms with Gasteiger partial charge in [-0.2, -0.15) is 13.2 Å². The molecule has 0 saturated carbocycles. The number of aliphatic imine (C=N–C) groups is 1. The second-order valence-corrected chi connectivity index (χ2v) is 4.90. The largest absolute Gasteiger partial charge is 0.491 e. The molecule has 1 rings (SSSR count).